The quantitative estimate of drug-likeness (QED) is 0.423. The summed E-state index contributed by atoms with van der Waals surface area (Å²) in [4.78, 5) is 24.2. The number of nitrogens with one attached hydrogen (secondary N) is 2. The van der Waals surface area contributed by atoms with Gasteiger partial charge in [-0.1, -0.05) is 71.7 Å². The van der Waals surface area contributed by atoms with Gasteiger partial charge in [0.1, 0.15) is 0 Å². The zero-order valence-corrected chi connectivity index (χ0v) is 18.7. The van der Waals surface area contributed by atoms with Gasteiger partial charge in [0.15, 0.2) is 0 Å². The van der Waals surface area contributed by atoms with Crippen LogP contribution < -0.4 is 10.6 Å². The lowest BCUT2D eigenvalue weighted by atomic mass is 10.1. The molecule has 0 aliphatic heterocycles. The van der Waals surface area contributed by atoms with E-state index in [1.165, 1.54) is 12.2 Å². The van der Waals surface area contributed by atoms with Crippen LogP contribution in [-0.2, 0) is 22.7 Å². The van der Waals surface area contributed by atoms with E-state index in [0.29, 0.717) is 23.1 Å². The van der Waals surface area contributed by atoms with E-state index in [0.717, 1.165) is 22.3 Å². The van der Waals surface area contributed by atoms with E-state index < -0.39 is 0 Å². The second-order valence-corrected chi connectivity index (χ2v) is 7.91. The summed E-state index contributed by atoms with van der Waals surface area (Å²) < 4.78 is 0. The summed E-state index contributed by atoms with van der Waals surface area (Å²) in [5, 5.41) is 6.95. The van der Waals surface area contributed by atoms with Gasteiger partial charge < -0.3 is 10.6 Å². The van der Waals surface area contributed by atoms with Crippen molar-refractivity contribution in [1.82, 2.24) is 10.6 Å². The molecule has 0 aromatic heterocycles. The van der Waals surface area contributed by atoms with Gasteiger partial charge in [0.05, 0.1) is 0 Å². The minimum atomic E-state index is -0.199. The summed E-state index contributed by atoms with van der Waals surface area (Å²) in [7, 11) is 0. The maximum absolute atomic E-state index is 12.1. The van der Waals surface area contributed by atoms with Crippen LogP contribution in [0.2, 0.25) is 10.0 Å². The Bertz CT molecular complexity index is 1070. The maximum Gasteiger partial charge on any atom is 0.244 e. The van der Waals surface area contributed by atoms with Crippen LogP contribution in [0.25, 0.3) is 12.2 Å². The van der Waals surface area contributed by atoms with Gasteiger partial charge in [0.25, 0.3) is 0 Å². The Balaban J connectivity index is 1.47. The number of rotatable bonds is 8. The number of carbonyl (C=O) groups excluding carboxylic acids is 2. The summed E-state index contributed by atoms with van der Waals surface area (Å²) in [5.74, 6) is -0.398. The topological polar surface area (TPSA) is 58.2 Å². The number of benzene rings is 3. The molecule has 3 aromatic carbocycles. The van der Waals surface area contributed by atoms with Crippen LogP contribution in [-0.4, -0.2) is 11.8 Å². The summed E-state index contributed by atoms with van der Waals surface area (Å²) in [6.45, 7) is 0.768. The Morgan fingerprint density at radius 2 is 1.09 bits per heavy atom. The van der Waals surface area contributed by atoms with Gasteiger partial charge in [-0.3, -0.25) is 9.59 Å². The lowest BCUT2D eigenvalue weighted by Gasteiger charge is -2.07. The fourth-order valence-corrected chi connectivity index (χ4v) is 3.31. The molecule has 0 spiro atoms. The second kappa shape index (κ2) is 11.9. The molecule has 0 heterocycles. The Morgan fingerprint density at radius 3 is 1.53 bits per heavy atom. The van der Waals surface area contributed by atoms with E-state index >= 15 is 0 Å². The molecule has 2 amide bonds. The highest BCUT2D eigenvalue weighted by Crippen LogP contribution is 2.13. The molecule has 0 bridgehead atoms. The minimum absolute atomic E-state index is 0.199. The first-order valence-electron chi connectivity index (χ1n) is 9.99. The normalized spacial score (nSPS) is 11.1. The average Bonchev–Trinajstić information content (AvgIpc) is 2.79. The van der Waals surface area contributed by atoms with Crippen molar-refractivity contribution in [2.24, 2.45) is 0 Å². The Kier molecular flexibility index (Phi) is 8.67. The Labute approximate surface area is 197 Å². The van der Waals surface area contributed by atoms with Crippen molar-refractivity contribution in [3.05, 3.63) is 117 Å². The number of carbonyl (C=O) groups is 2. The van der Waals surface area contributed by atoms with Crippen molar-refractivity contribution >= 4 is 47.2 Å². The number of hydrogen-bond donors (Lipinski definition) is 2. The largest absolute Gasteiger partial charge is 0.348 e. The molecule has 0 unspecified atom stereocenters. The molecule has 3 rings (SSSR count). The van der Waals surface area contributed by atoms with Crippen LogP contribution in [0, 0.1) is 0 Å². The zero-order chi connectivity index (χ0) is 22.8. The van der Waals surface area contributed by atoms with Gasteiger partial charge in [-0.25, -0.2) is 0 Å². The molecule has 0 radical (unpaired) electrons. The van der Waals surface area contributed by atoms with Crippen LogP contribution in [0.1, 0.15) is 22.3 Å². The molecule has 0 atom stereocenters. The van der Waals surface area contributed by atoms with E-state index in [9.17, 15) is 9.59 Å². The molecule has 0 saturated carbocycles. The van der Waals surface area contributed by atoms with Gasteiger partial charge in [0, 0.05) is 35.3 Å². The second-order valence-electron chi connectivity index (χ2n) is 7.03. The highest BCUT2D eigenvalue weighted by Gasteiger charge is 2.01. The smallest absolute Gasteiger partial charge is 0.244 e. The van der Waals surface area contributed by atoms with Crippen molar-refractivity contribution in [3.8, 4) is 0 Å². The molecule has 0 aliphatic rings. The lowest BCUT2D eigenvalue weighted by molar-refractivity contribution is -0.117. The summed E-state index contributed by atoms with van der Waals surface area (Å²) in [5.41, 5.74) is 3.59. The molecule has 6 heteroatoms. The molecule has 0 saturated heterocycles. The minimum Gasteiger partial charge on any atom is -0.348 e. The Hall–Kier alpha value is -3.34. The van der Waals surface area contributed by atoms with E-state index in [-0.39, 0.29) is 11.8 Å². The summed E-state index contributed by atoms with van der Waals surface area (Å²) in [6.07, 6.45) is 6.37. The van der Waals surface area contributed by atoms with Crippen LogP contribution in [0.15, 0.2) is 84.9 Å². The Morgan fingerprint density at radius 1 is 0.656 bits per heavy atom. The monoisotopic (exact) mass is 464 g/mol. The molecule has 32 heavy (non-hydrogen) atoms. The van der Waals surface area contributed by atoms with Crippen molar-refractivity contribution in [3.63, 3.8) is 0 Å². The van der Waals surface area contributed by atoms with Gasteiger partial charge in [-0.05, 0) is 58.7 Å². The molecular weight excluding hydrogens is 443 g/mol. The maximum atomic E-state index is 12.1. The first-order chi connectivity index (χ1) is 15.5. The predicted molar refractivity (Wildman–Crippen MR) is 131 cm³/mol. The molecule has 4 nitrogen and oxygen atoms in total. The van der Waals surface area contributed by atoms with Gasteiger partial charge >= 0.3 is 0 Å². The molecule has 0 fully saturated rings. The standard InChI is InChI=1S/C26H22Cl2N2O2/c27-23-8-2-4-19(15-23)10-12-25(31)29-17-21-6-1-7-22(14-21)18-30-26(32)13-11-20-5-3-9-24(28)16-20/h1-16H,17-18H2,(H,29,31)(H,30,32)/b12-10+,13-11+. The first-order valence-corrected chi connectivity index (χ1v) is 10.7. The van der Waals surface area contributed by atoms with Crippen LogP contribution >= 0.6 is 23.2 Å². The van der Waals surface area contributed by atoms with Crippen molar-refractivity contribution < 1.29 is 9.59 Å². The van der Waals surface area contributed by atoms with Crippen molar-refractivity contribution in [2.45, 2.75) is 13.1 Å². The fourth-order valence-electron chi connectivity index (χ4n) is 2.91. The van der Waals surface area contributed by atoms with Gasteiger partial charge in [-0.2, -0.15) is 0 Å². The molecule has 0 aliphatic carbocycles. The van der Waals surface area contributed by atoms with Crippen molar-refractivity contribution in [2.75, 3.05) is 0 Å². The van der Waals surface area contributed by atoms with E-state index in [1.54, 1.807) is 36.4 Å². The van der Waals surface area contributed by atoms with Crippen molar-refractivity contribution in [1.29, 1.82) is 0 Å². The predicted octanol–water partition coefficient (Wildman–Crippen LogP) is 5.65. The molecule has 162 valence electrons. The third-order valence-corrected chi connectivity index (χ3v) is 4.95. The first kappa shape index (κ1) is 23.3. The zero-order valence-electron chi connectivity index (χ0n) is 17.2. The van der Waals surface area contributed by atoms with Gasteiger partial charge in [-0.15, -0.1) is 0 Å². The highest BCUT2D eigenvalue weighted by atomic mass is 35.5. The van der Waals surface area contributed by atoms with E-state index in [1.807, 2.05) is 48.5 Å². The fraction of sp³-hybridized carbons (Fsp3) is 0.0769. The van der Waals surface area contributed by atoms with Gasteiger partial charge in [0.2, 0.25) is 11.8 Å². The van der Waals surface area contributed by atoms with E-state index in [4.69, 9.17) is 23.2 Å². The number of hydrogen-bond acceptors (Lipinski definition) is 2. The molecular formula is C26H22Cl2N2O2. The highest BCUT2D eigenvalue weighted by molar-refractivity contribution is 6.31. The average molecular weight is 465 g/mol. The number of amides is 2. The van der Waals surface area contributed by atoms with Crippen LogP contribution in [0.5, 0.6) is 0 Å². The third-order valence-electron chi connectivity index (χ3n) is 4.48. The van der Waals surface area contributed by atoms with Crippen LogP contribution in [0.3, 0.4) is 0 Å². The number of halogens is 2. The third kappa shape index (κ3) is 8.06. The summed E-state index contributed by atoms with van der Waals surface area (Å²) in [6, 6.07) is 22.2. The molecule has 3 aromatic rings. The molecule has 2 N–H and O–H groups in total. The lowest BCUT2D eigenvalue weighted by Crippen LogP contribution is -2.21. The SMILES string of the molecule is O=C(/C=C/c1cccc(Cl)c1)NCc1cccc(CNC(=O)/C=C/c2cccc(Cl)c2)c1. The summed E-state index contributed by atoms with van der Waals surface area (Å²) >= 11 is 11.9. The van der Waals surface area contributed by atoms with E-state index in [2.05, 4.69) is 10.6 Å². The van der Waals surface area contributed by atoms with Crippen LogP contribution in [0.4, 0.5) is 0 Å².